The van der Waals surface area contributed by atoms with Gasteiger partial charge in [0.05, 0.1) is 6.61 Å². The Morgan fingerprint density at radius 3 is 2.52 bits per heavy atom. The van der Waals surface area contributed by atoms with Crippen molar-refractivity contribution in [2.24, 2.45) is 0 Å². The quantitative estimate of drug-likeness (QED) is 0.845. The average Bonchev–Trinajstić information content (AvgIpc) is 2.50. The maximum atomic E-state index is 10.2. The van der Waals surface area contributed by atoms with E-state index in [0.29, 0.717) is 18.9 Å². The van der Waals surface area contributed by atoms with E-state index in [1.54, 1.807) is 6.07 Å². The van der Waals surface area contributed by atoms with Gasteiger partial charge in [0, 0.05) is 18.7 Å². The van der Waals surface area contributed by atoms with E-state index >= 15 is 0 Å². The molecule has 0 unspecified atom stereocenters. The predicted octanol–water partition coefficient (Wildman–Crippen LogP) is 3.47. The minimum atomic E-state index is 0.255. The van der Waals surface area contributed by atoms with Gasteiger partial charge in [-0.2, -0.15) is 0 Å². The van der Waals surface area contributed by atoms with Crippen LogP contribution in [0.4, 0.5) is 0 Å². The first-order valence-corrected chi connectivity index (χ1v) is 7.36. The minimum Gasteiger partial charge on any atom is -0.504 e. The van der Waals surface area contributed by atoms with Gasteiger partial charge in [-0.1, -0.05) is 42.5 Å². The van der Waals surface area contributed by atoms with E-state index in [1.165, 1.54) is 5.56 Å². The Balaban J connectivity index is 1.93. The standard InChI is InChI=1S/C18H23NO2/c1-3-21-17-11-7-10-16(18(17)20)14-19(2)13-12-15-8-5-4-6-9-15/h4-11,20H,3,12-14H2,1-2H3. The first-order chi connectivity index (χ1) is 10.2. The fourth-order valence-electron chi connectivity index (χ4n) is 2.30. The Kier molecular flexibility index (Phi) is 5.64. The minimum absolute atomic E-state index is 0.255. The molecule has 0 aliphatic heterocycles. The average molecular weight is 285 g/mol. The highest BCUT2D eigenvalue weighted by Crippen LogP contribution is 2.30. The van der Waals surface area contributed by atoms with Crippen LogP contribution in [0.1, 0.15) is 18.1 Å². The molecule has 0 aliphatic carbocycles. The van der Waals surface area contributed by atoms with Crippen molar-refractivity contribution in [3.05, 3.63) is 59.7 Å². The maximum absolute atomic E-state index is 10.2. The van der Waals surface area contributed by atoms with Crippen LogP contribution in [-0.2, 0) is 13.0 Å². The molecular weight excluding hydrogens is 262 g/mol. The number of para-hydroxylation sites is 1. The topological polar surface area (TPSA) is 32.7 Å². The normalized spacial score (nSPS) is 10.8. The van der Waals surface area contributed by atoms with Crippen LogP contribution >= 0.6 is 0 Å². The number of hydrogen-bond donors (Lipinski definition) is 1. The Hall–Kier alpha value is -2.00. The summed E-state index contributed by atoms with van der Waals surface area (Å²) < 4.78 is 5.42. The lowest BCUT2D eigenvalue weighted by Gasteiger charge is -2.18. The lowest BCUT2D eigenvalue weighted by molar-refractivity contribution is 0.303. The van der Waals surface area contributed by atoms with Gasteiger partial charge >= 0.3 is 0 Å². The van der Waals surface area contributed by atoms with Gasteiger partial charge in [-0.3, -0.25) is 0 Å². The van der Waals surface area contributed by atoms with Crippen LogP contribution in [0, 0.1) is 0 Å². The summed E-state index contributed by atoms with van der Waals surface area (Å²) in [5.41, 5.74) is 2.23. The van der Waals surface area contributed by atoms with Gasteiger partial charge in [-0.15, -0.1) is 0 Å². The third-order valence-electron chi connectivity index (χ3n) is 3.45. The molecule has 0 saturated carbocycles. The lowest BCUT2D eigenvalue weighted by Crippen LogP contribution is -2.20. The number of likely N-dealkylation sites (N-methyl/N-ethyl adjacent to an activating group) is 1. The lowest BCUT2D eigenvalue weighted by atomic mass is 10.1. The van der Waals surface area contributed by atoms with Crippen LogP contribution in [0.15, 0.2) is 48.5 Å². The maximum Gasteiger partial charge on any atom is 0.162 e. The zero-order valence-electron chi connectivity index (χ0n) is 12.7. The highest BCUT2D eigenvalue weighted by atomic mass is 16.5. The van der Waals surface area contributed by atoms with E-state index < -0.39 is 0 Å². The van der Waals surface area contributed by atoms with Crippen molar-refractivity contribution in [3.63, 3.8) is 0 Å². The van der Waals surface area contributed by atoms with Crippen LogP contribution in [0.25, 0.3) is 0 Å². The van der Waals surface area contributed by atoms with E-state index in [2.05, 4.69) is 36.2 Å². The van der Waals surface area contributed by atoms with E-state index in [1.807, 2.05) is 25.1 Å². The second-order valence-corrected chi connectivity index (χ2v) is 5.17. The summed E-state index contributed by atoms with van der Waals surface area (Å²) in [7, 11) is 2.07. The van der Waals surface area contributed by atoms with Gasteiger partial charge in [-0.05, 0) is 32.0 Å². The van der Waals surface area contributed by atoms with E-state index in [-0.39, 0.29) is 5.75 Å². The van der Waals surface area contributed by atoms with Crippen molar-refractivity contribution >= 4 is 0 Å². The molecule has 0 bridgehead atoms. The largest absolute Gasteiger partial charge is 0.504 e. The van der Waals surface area contributed by atoms with Crippen LogP contribution in [0.3, 0.4) is 0 Å². The molecule has 2 rings (SSSR count). The number of hydrogen-bond acceptors (Lipinski definition) is 3. The molecule has 0 fully saturated rings. The molecule has 0 heterocycles. The Labute approximate surface area is 126 Å². The molecule has 2 aromatic rings. The molecule has 1 N–H and O–H groups in total. The molecule has 0 aromatic heterocycles. The highest BCUT2D eigenvalue weighted by molar-refractivity contribution is 5.45. The second kappa shape index (κ2) is 7.70. The molecule has 3 heteroatoms. The van der Waals surface area contributed by atoms with Crippen molar-refractivity contribution in [2.45, 2.75) is 19.9 Å². The SMILES string of the molecule is CCOc1cccc(CN(C)CCc2ccccc2)c1O. The second-order valence-electron chi connectivity index (χ2n) is 5.17. The molecular formula is C18H23NO2. The van der Waals surface area contributed by atoms with Crippen LogP contribution in [0.5, 0.6) is 11.5 Å². The van der Waals surface area contributed by atoms with Gasteiger partial charge in [0.2, 0.25) is 0 Å². The first-order valence-electron chi connectivity index (χ1n) is 7.36. The van der Waals surface area contributed by atoms with Gasteiger partial charge in [0.1, 0.15) is 0 Å². The summed E-state index contributed by atoms with van der Waals surface area (Å²) in [5, 5.41) is 10.2. The fraction of sp³-hybridized carbons (Fsp3) is 0.333. The number of aromatic hydroxyl groups is 1. The van der Waals surface area contributed by atoms with Crippen molar-refractivity contribution in [2.75, 3.05) is 20.2 Å². The van der Waals surface area contributed by atoms with Crippen LogP contribution in [0.2, 0.25) is 0 Å². The number of benzene rings is 2. The van der Waals surface area contributed by atoms with E-state index in [4.69, 9.17) is 4.74 Å². The Morgan fingerprint density at radius 1 is 1.05 bits per heavy atom. The third kappa shape index (κ3) is 4.50. The zero-order valence-corrected chi connectivity index (χ0v) is 12.7. The Bertz CT molecular complexity index is 554. The van der Waals surface area contributed by atoms with Gasteiger partial charge < -0.3 is 14.7 Å². The number of ether oxygens (including phenoxy) is 1. The van der Waals surface area contributed by atoms with Crippen molar-refractivity contribution in [1.82, 2.24) is 4.90 Å². The third-order valence-corrected chi connectivity index (χ3v) is 3.45. The molecule has 0 amide bonds. The van der Waals surface area contributed by atoms with E-state index in [9.17, 15) is 5.11 Å². The number of phenols is 1. The fourth-order valence-corrected chi connectivity index (χ4v) is 2.30. The molecule has 3 nitrogen and oxygen atoms in total. The summed E-state index contributed by atoms with van der Waals surface area (Å²) in [6, 6.07) is 16.1. The van der Waals surface area contributed by atoms with Crippen LogP contribution in [-0.4, -0.2) is 30.2 Å². The molecule has 0 atom stereocenters. The molecule has 0 radical (unpaired) electrons. The van der Waals surface area contributed by atoms with E-state index in [0.717, 1.165) is 18.5 Å². The molecule has 0 aliphatic rings. The predicted molar refractivity (Wildman–Crippen MR) is 85.8 cm³/mol. The van der Waals surface area contributed by atoms with Crippen molar-refractivity contribution in [1.29, 1.82) is 0 Å². The monoisotopic (exact) mass is 285 g/mol. The Morgan fingerprint density at radius 2 is 1.81 bits per heavy atom. The molecule has 21 heavy (non-hydrogen) atoms. The number of rotatable bonds is 7. The van der Waals surface area contributed by atoms with Crippen molar-refractivity contribution < 1.29 is 9.84 Å². The summed E-state index contributed by atoms with van der Waals surface area (Å²) in [6.45, 7) is 4.13. The summed E-state index contributed by atoms with van der Waals surface area (Å²) in [6.07, 6.45) is 1.00. The summed E-state index contributed by atoms with van der Waals surface area (Å²) in [4.78, 5) is 2.21. The van der Waals surface area contributed by atoms with Gasteiger partial charge in [0.25, 0.3) is 0 Å². The smallest absolute Gasteiger partial charge is 0.162 e. The van der Waals surface area contributed by atoms with Crippen molar-refractivity contribution in [3.8, 4) is 11.5 Å². The van der Waals surface area contributed by atoms with Gasteiger partial charge in [-0.25, -0.2) is 0 Å². The van der Waals surface area contributed by atoms with Crippen LogP contribution < -0.4 is 4.74 Å². The number of phenolic OH excluding ortho intramolecular Hbond substituents is 1. The highest BCUT2D eigenvalue weighted by Gasteiger charge is 2.10. The molecule has 112 valence electrons. The van der Waals surface area contributed by atoms with Gasteiger partial charge in [0.15, 0.2) is 11.5 Å². The zero-order chi connectivity index (χ0) is 15.1. The number of nitrogens with zero attached hydrogens (tertiary/aromatic N) is 1. The molecule has 0 spiro atoms. The molecule has 0 saturated heterocycles. The first kappa shape index (κ1) is 15.4. The summed E-state index contributed by atoms with van der Waals surface area (Å²) in [5.74, 6) is 0.817. The molecule has 2 aromatic carbocycles. The summed E-state index contributed by atoms with van der Waals surface area (Å²) >= 11 is 0.